The van der Waals surface area contributed by atoms with Crippen LogP contribution in [0.25, 0.3) is 0 Å². The Morgan fingerprint density at radius 3 is 2.22 bits per heavy atom. The van der Waals surface area contributed by atoms with Crippen LogP contribution in [0.3, 0.4) is 0 Å². The second kappa shape index (κ2) is 7.54. The summed E-state index contributed by atoms with van der Waals surface area (Å²) in [6.45, 7) is 1.64. The maximum absolute atomic E-state index is 13.0. The molecule has 23 heavy (non-hydrogen) atoms. The Balaban J connectivity index is 2.36. The van der Waals surface area contributed by atoms with Crippen LogP contribution < -0.4 is 5.32 Å². The fraction of sp³-hybridized carbons (Fsp3) is 0.222. The lowest BCUT2D eigenvalue weighted by Gasteiger charge is -2.30. The van der Waals surface area contributed by atoms with E-state index in [2.05, 4.69) is 5.32 Å². The Morgan fingerprint density at radius 1 is 1.09 bits per heavy atom. The second-order valence-electron chi connectivity index (χ2n) is 5.20. The van der Waals surface area contributed by atoms with Crippen molar-refractivity contribution in [1.82, 2.24) is 10.2 Å². The first-order chi connectivity index (χ1) is 11.0. The van der Waals surface area contributed by atoms with Crippen LogP contribution in [0.5, 0.6) is 0 Å². The van der Waals surface area contributed by atoms with Crippen molar-refractivity contribution in [2.24, 2.45) is 0 Å². The first-order valence-corrected chi connectivity index (χ1v) is 7.31. The highest BCUT2D eigenvalue weighted by atomic mass is 19.1. The van der Waals surface area contributed by atoms with E-state index in [4.69, 9.17) is 0 Å². The van der Waals surface area contributed by atoms with E-state index in [1.807, 2.05) is 18.2 Å². The number of nitrogens with zero attached hydrogens (tertiary/aromatic N) is 1. The number of carbonyl (C=O) groups is 2. The van der Waals surface area contributed by atoms with Gasteiger partial charge in [-0.25, -0.2) is 4.39 Å². The molecule has 0 aliphatic carbocycles. The van der Waals surface area contributed by atoms with Crippen molar-refractivity contribution in [3.8, 4) is 0 Å². The van der Waals surface area contributed by atoms with E-state index in [9.17, 15) is 14.0 Å². The van der Waals surface area contributed by atoms with E-state index in [1.54, 1.807) is 24.3 Å². The molecule has 0 aliphatic heterocycles. The Labute approximate surface area is 134 Å². The molecule has 0 bridgehead atoms. The molecule has 0 saturated carbocycles. The average Bonchev–Trinajstić information content (AvgIpc) is 2.56. The van der Waals surface area contributed by atoms with Crippen LogP contribution in [-0.4, -0.2) is 23.8 Å². The first kappa shape index (κ1) is 16.7. The van der Waals surface area contributed by atoms with Gasteiger partial charge in [-0.2, -0.15) is 0 Å². The molecule has 0 saturated heterocycles. The minimum absolute atomic E-state index is 0.225. The minimum atomic E-state index is -0.733. The van der Waals surface area contributed by atoms with Gasteiger partial charge in [0.15, 0.2) is 0 Å². The van der Waals surface area contributed by atoms with Crippen LogP contribution in [0.4, 0.5) is 4.39 Å². The van der Waals surface area contributed by atoms with E-state index in [1.165, 1.54) is 31.0 Å². The van der Waals surface area contributed by atoms with Crippen LogP contribution in [0.1, 0.15) is 24.1 Å². The van der Waals surface area contributed by atoms with Gasteiger partial charge in [-0.15, -0.1) is 0 Å². The highest BCUT2D eigenvalue weighted by Gasteiger charge is 2.28. The maximum atomic E-state index is 13.0. The highest BCUT2D eigenvalue weighted by Crippen LogP contribution is 2.23. The van der Waals surface area contributed by atoms with Gasteiger partial charge in [0.2, 0.25) is 11.8 Å². The normalized spacial score (nSPS) is 11.6. The molecule has 2 aromatic rings. The maximum Gasteiger partial charge on any atom is 0.247 e. The number of benzene rings is 2. The molecule has 120 valence electrons. The van der Waals surface area contributed by atoms with Crippen LogP contribution in [0.2, 0.25) is 0 Å². The summed E-state index contributed by atoms with van der Waals surface area (Å²) in [5.74, 6) is -0.839. The number of likely N-dealkylation sites (N-methyl/N-ethyl adjacent to an activating group) is 1. The van der Waals surface area contributed by atoms with Crippen molar-refractivity contribution < 1.29 is 14.0 Å². The summed E-state index contributed by atoms with van der Waals surface area (Å²) in [5.41, 5.74) is 1.48. The van der Waals surface area contributed by atoms with Gasteiger partial charge in [-0.3, -0.25) is 9.59 Å². The minimum Gasteiger partial charge on any atom is -0.357 e. The number of hydrogen-bond donors (Lipinski definition) is 1. The molecule has 0 aliphatic rings. The lowest BCUT2D eigenvalue weighted by molar-refractivity contribution is -0.139. The third kappa shape index (κ3) is 4.16. The molecule has 0 unspecified atom stereocenters. The molecule has 2 amide bonds. The van der Waals surface area contributed by atoms with Gasteiger partial charge in [-0.05, 0) is 23.3 Å². The van der Waals surface area contributed by atoms with Crippen LogP contribution in [0.15, 0.2) is 54.6 Å². The van der Waals surface area contributed by atoms with Crippen molar-refractivity contribution in [3.05, 3.63) is 71.5 Å². The van der Waals surface area contributed by atoms with Gasteiger partial charge in [0, 0.05) is 20.5 Å². The Kier molecular flexibility index (Phi) is 5.46. The van der Waals surface area contributed by atoms with Crippen molar-refractivity contribution in [2.75, 3.05) is 7.05 Å². The summed E-state index contributed by atoms with van der Waals surface area (Å²) in [4.78, 5) is 25.9. The summed E-state index contributed by atoms with van der Waals surface area (Å²) >= 11 is 0. The molecule has 2 aromatic carbocycles. The topological polar surface area (TPSA) is 49.4 Å². The number of hydrogen-bond acceptors (Lipinski definition) is 2. The summed E-state index contributed by atoms with van der Waals surface area (Å²) in [6, 6.07) is 14.3. The summed E-state index contributed by atoms with van der Waals surface area (Å²) < 4.78 is 13.0. The number of carbonyl (C=O) groups excluding carboxylic acids is 2. The summed E-state index contributed by atoms with van der Waals surface area (Å²) in [5, 5.41) is 2.60. The second-order valence-corrected chi connectivity index (χ2v) is 5.20. The van der Waals surface area contributed by atoms with Gasteiger partial charge < -0.3 is 10.2 Å². The third-order valence-electron chi connectivity index (χ3n) is 3.59. The third-order valence-corrected chi connectivity index (χ3v) is 3.59. The molecular weight excluding hydrogens is 295 g/mol. The number of rotatable bonds is 5. The number of nitrogens with one attached hydrogen (secondary N) is 1. The summed E-state index contributed by atoms with van der Waals surface area (Å²) in [6.07, 6.45) is 0. The number of amides is 2. The molecule has 0 spiro atoms. The smallest absolute Gasteiger partial charge is 0.247 e. The van der Waals surface area contributed by atoms with Gasteiger partial charge >= 0.3 is 0 Å². The Morgan fingerprint density at radius 2 is 1.70 bits per heavy atom. The molecule has 0 aromatic heterocycles. The fourth-order valence-electron chi connectivity index (χ4n) is 2.42. The predicted molar refractivity (Wildman–Crippen MR) is 85.9 cm³/mol. The highest BCUT2D eigenvalue weighted by molar-refractivity contribution is 5.87. The molecular formula is C18H19FN2O2. The van der Waals surface area contributed by atoms with Crippen LogP contribution >= 0.6 is 0 Å². The standard InChI is InChI=1S/C18H19FN2O2/c1-13(22)21(12-14-8-10-16(19)11-9-14)17(18(23)20-2)15-6-4-3-5-7-15/h3-11,17H,12H2,1-2H3,(H,20,23)/t17-/m0/s1. The Hall–Kier alpha value is -2.69. The molecule has 2 rings (SSSR count). The van der Waals surface area contributed by atoms with Crippen LogP contribution in [0, 0.1) is 5.82 Å². The molecule has 1 N–H and O–H groups in total. The molecule has 4 nitrogen and oxygen atoms in total. The zero-order valence-corrected chi connectivity index (χ0v) is 13.1. The molecule has 0 fully saturated rings. The lowest BCUT2D eigenvalue weighted by atomic mass is 10.0. The van der Waals surface area contributed by atoms with Crippen LogP contribution in [-0.2, 0) is 16.1 Å². The van der Waals surface area contributed by atoms with Crippen molar-refractivity contribution in [3.63, 3.8) is 0 Å². The van der Waals surface area contributed by atoms with E-state index in [-0.39, 0.29) is 24.2 Å². The molecule has 1 atom stereocenters. The van der Waals surface area contributed by atoms with Gasteiger partial charge in [0.1, 0.15) is 11.9 Å². The van der Waals surface area contributed by atoms with Crippen molar-refractivity contribution in [1.29, 1.82) is 0 Å². The predicted octanol–water partition coefficient (Wildman–Crippen LogP) is 2.66. The van der Waals surface area contributed by atoms with E-state index >= 15 is 0 Å². The SMILES string of the molecule is CNC(=O)[C@H](c1ccccc1)N(Cc1ccc(F)cc1)C(C)=O. The average molecular weight is 314 g/mol. The first-order valence-electron chi connectivity index (χ1n) is 7.31. The number of halogens is 1. The monoisotopic (exact) mass is 314 g/mol. The summed E-state index contributed by atoms with van der Waals surface area (Å²) in [7, 11) is 1.54. The molecule has 0 heterocycles. The zero-order valence-electron chi connectivity index (χ0n) is 13.1. The fourth-order valence-corrected chi connectivity index (χ4v) is 2.42. The van der Waals surface area contributed by atoms with Crippen molar-refractivity contribution in [2.45, 2.75) is 19.5 Å². The van der Waals surface area contributed by atoms with E-state index in [0.717, 1.165) is 11.1 Å². The van der Waals surface area contributed by atoms with Gasteiger partial charge in [-0.1, -0.05) is 42.5 Å². The Bertz CT molecular complexity index is 671. The van der Waals surface area contributed by atoms with Gasteiger partial charge in [0.25, 0.3) is 0 Å². The zero-order chi connectivity index (χ0) is 16.8. The molecule has 5 heteroatoms. The lowest BCUT2D eigenvalue weighted by Crippen LogP contribution is -2.41. The quantitative estimate of drug-likeness (QED) is 0.922. The van der Waals surface area contributed by atoms with Gasteiger partial charge in [0.05, 0.1) is 0 Å². The largest absolute Gasteiger partial charge is 0.357 e. The molecule has 0 radical (unpaired) electrons. The van der Waals surface area contributed by atoms with E-state index in [0.29, 0.717) is 0 Å². The van der Waals surface area contributed by atoms with E-state index < -0.39 is 6.04 Å². The van der Waals surface area contributed by atoms with Crippen molar-refractivity contribution >= 4 is 11.8 Å².